The van der Waals surface area contributed by atoms with Crippen molar-refractivity contribution in [2.75, 3.05) is 13.7 Å². The van der Waals surface area contributed by atoms with Gasteiger partial charge in [-0.3, -0.25) is 4.79 Å². The molecule has 1 aliphatic carbocycles. The first kappa shape index (κ1) is 15.8. The first-order chi connectivity index (χ1) is 10.1. The molecule has 1 aliphatic rings. The lowest BCUT2D eigenvalue weighted by atomic mass is 9.80. The van der Waals surface area contributed by atoms with Crippen molar-refractivity contribution in [3.8, 4) is 5.75 Å². The number of methoxy groups -OCH3 is 1. The van der Waals surface area contributed by atoms with E-state index in [1.54, 1.807) is 7.11 Å². The summed E-state index contributed by atoms with van der Waals surface area (Å²) in [6.45, 7) is 0.641. The standard InChI is InChI=1S/C17H26N2O2/c1-21-15-7-5-6-14(12-15)8-11-19-16(20)13-17(18)9-3-2-4-10-17/h5-7,12H,2-4,8-11,13,18H2,1H3,(H,19,20). The van der Waals surface area contributed by atoms with E-state index in [9.17, 15) is 4.79 Å². The van der Waals surface area contributed by atoms with Gasteiger partial charge in [-0.05, 0) is 37.0 Å². The number of benzene rings is 1. The van der Waals surface area contributed by atoms with Crippen LogP contribution in [0, 0.1) is 0 Å². The number of rotatable bonds is 6. The molecule has 1 saturated carbocycles. The molecular formula is C17H26N2O2. The molecule has 0 unspecified atom stereocenters. The molecule has 4 nitrogen and oxygen atoms in total. The summed E-state index contributed by atoms with van der Waals surface area (Å²) in [5, 5.41) is 2.98. The fraction of sp³-hybridized carbons (Fsp3) is 0.588. The van der Waals surface area contributed by atoms with Gasteiger partial charge >= 0.3 is 0 Å². The zero-order valence-corrected chi connectivity index (χ0v) is 12.9. The highest BCUT2D eigenvalue weighted by Gasteiger charge is 2.29. The summed E-state index contributed by atoms with van der Waals surface area (Å²) < 4.78 is 5.19. The highest BCUT2D eigenvalue weighted by molar-refractivity contribution is 5.77. The molecule has 0 bridgehead atoms. The number of ether oxygens (including phenoxy) is 1. The molecule has 21 heavy (non-hydrogen) atoms. The van der Waals surface area contributed by atoms with E-state index in [1.807, 2.05) is 24.3 Å². The van der Waals surface area contributed by atoms with Crippen molar-refractivity contribution < 1.29 is 9.53 Å². The Labute approximate surface area is 127 Å². The molecule has 1 amide bonds. The van der Waals surface area contributed by atoms with Crippen LogP contribution < -0.4 is 15.8 Å². The van der Waals surface area contributed by atoms with Gasteiger partial charge in [0, 0.05) is 18.5 Å². The molecule has 1 aromatic carbocycles. The summed E-state index contributed by atoms with van der Waals surface area (Å²) in [6, 6.07) is 7.92. The number of nitrogens with one attached hydrogen (secondary N) is 1. The van der Waals surface area contributed by atoms with Gasteiger partial charge in [0.15, 0.2) is 0 Å². The summed E-state index contributed by atoms with van der Waals surface area (Å²) >= 11 is 0. The highest BCUT2D eigenvalue weighted by Crippen LogP contribution is 2.28. The van der Waals surface area contributed by atoms with Crippen molar-refractivity contribution in [3.05, 3.63) is 29.8 Å². The Morgan fingerprint density at radius 2 is 2.10 bits per heavy atom. The lowest BCUT2D eigenvalue weighted by Gasteiger charge is -2.32. The molecule has 0 aliphatic heterocycles. The molecule has 0 saturated heterocycles. The quantitative estimate of drug-likeness (QED) is 0.845. The monoisotopic (exact) mass is 290 g/mol. The van der Waals surface area contributed by atoms with Crippen molar-refractivity contribution in [2.24, 2.45) is 5.73 Å². The lowest BCUT2D eigenvalue weighted by Crippen LogP contribution is -2.46. The van der Waals surface area contributed by atoms with Crippen molar-refractivity contribution in [1.82, 2.24) is 5.32 Å². The molecule has 2 rings (SSSR count). The molecule has 1 aromatic rings. The molecule has 0 atom stereocenters. The van der Waals surface area contributed by atoms with Crippen LogP contribution in [0.2, 0.25) is 0 Å². The fourth-order valence-electron chi connectivity index (χ4n) is 2.99. The Morgan fingerprint density at radius 3 is 2.81 bits per heavy atom. The normalized spacial score (nSPS) is 17.2. The van der Waals surface area contributed by atoms with Gasteiger partial charge in [0.2, 0.25) is 5.91 Å². The van der Waals surface area contributed by atoms with Crippen LogP contribution in [-0.2, 0) is 11.2 Å². The van der Waals surface area contributed by atoms with Crippen LogP contribution in [-0.4, -0.2) is 25.1 Å². The lowest BCUT2D eigenvalue weighted by molar-refractivity contribution is -0.122. The molecular weight excluding hydrogens is 264 g/mol. The van der Waals surface area contributed by atoms with Gasteiger partial charge in [-0.1, -0.05) is 31.4 Å². The minimum absolute atomic E-state index is 0.0716. The largest absolute Gasteiger partial charge is 0.497 e. The first-order valence-electron chi connectivity index (χ1n) is 7.80. The molecule has 0 spiro atoms. The van der Waals surface area contributed by atoms with Gasteiger partial charge in [-0.15, -0.1) is 0 Å². The Kier molecular flexibility index (Phi) is 5.62. The predicted molar refractivity (Wildman–Crippen MR) is 84.3 cm³/mol. The zero-order chi connectivity index (χ0) is 15.1. The zero-order valence-electron chi connectivity index (χ0n) is 12.9. The van der Waals surface area contributed by atoms with E-state index < -0.39 is 0 Å². The third kappa shape index (κ3) is 5.05. The van der Waals surface area contributed by atoms with Crippen molar-refractivity contribution in [2.45, 2.75) is 50.5 Å². The number of nitrogens with two attached hydrogens (primary N) is 1. The topological polar surface area (TPSA) is 64.3 Å². The summed E-state index contributed by atoms with van der Waals surface area (Å²) in [6.07, 6.45) is 6.73. The van der Waals surface area contributed by atoms with E-state index in [0.29, 0.717) is 13.0 Å². The van der Waals surface area contributed by atoms with Crippen molar-refractivity contribution in [3.63, 3.8) is 0 Å². The summed E-state index contributed by atoms with van der Waals surface area (Å²) in [5.41, 5.74) is 7.19. The predicted octanol–water partition coefficient (Wildman–Crippen LogP) is 2.41. The van der Waals surface area contributed by atoms with Crippen LogP contribution in [0.1, 0.15) is 44.1 Å². The molecule has 0 aromatic heterocycles. The van der Waals surface area contributed by atoms with Gasteiger partial charge in [-0.25, -0.2) is 0 Å². The maximum Gasteiger partial charge on any atom is 0.221 e. The van der Waals surface area contributed by atoms with Crippen LogP contribution in [0.15, 0.2) is 24.3 Å². The third-order valence-electron chi connectivity index (χ3n) is 4.23. The third-order valence-corrected chi connectivity index (χ3v) is 4.23. The van der Waals surface area contributed by atoms with Crippen LogP contribution in [0.5, 0.6) is 5.75 Å². The highest BCUT2D eigenvalue weighted by atomic mass is 16.5. The van der Waals surface area contributed by atoms with Gasteiger partial charge < -0.3 is 15.8 Å². The van der Waals surface area contributed by atoms with Crippen molar-refractivity contribution in [1.29, 1.82) is 0 Å². The van der Waals surface area contributed by atoms with Gasteiger partial charge in [0.1, 0.15) is 5.75 Å². The van der Waals surface area contributed by atoms with E-state index in [1.165, 1.54) is 6.42 Å². The number of carbonyl (C=O) groups is 1. The SMILES string of the molecule is COc1cccc(CCNC(=O)CC2(N)CCCCC2)c1. The number of carbonyl (C=O) groups excluding carboxylic acids is 1. The number of hydrogen-bond acceptors (Lipinski definition) is 3. The summed E-state index contributed by atoms with van der Waals surface area (Å²) in [5.74, 6) is 0.921. The number of hydrogen-bond donors (Lipinski definition) is 2. The maximum absolute atomic E-state index is 12.0. The Hall–Kier alpha value is -1.55. The molecule has 0 heterocycles. The van der Waals surface area contributed by atoms with Gasteiger partial charge in [0.25, 0.3) is 0 Å². The second kappa shape index (κ2) is 7.46. The number of amides is 1. The van der Waals surface area contributed by atoms with Crippen LogP contribution in [0.25, 0.3) is 0 Å². The molecule has 116 valence electrons. The van der Waals surface area contributed by atoms with E-state index in [2.05, 4.69) is 5.32 Å². The Bertz CT molecular complexity index is 468. The summed E-state index contributed by atoms with van der Waals surface area (Å²) in [4.78, 5) is 12.0. The first-order valence-corrected chi connectivity index (χ1v) is 7.80. The Balaban J connectivity index is 1.73. The van der Waals surface area contributed by atoms with Gasteiger partial charge in [-0.2, -0.15) is 0 Å². The van der Waals surface area contributed by atoms with E-state index in [4.69, 9.17) is 10.5 Å². The smallest absolute Gasteiger partial charge is 0.221 e. The maximum atomic E-state index is 12.0. The molecule has 1 fully saturated rings. The van der Waals surface area contributed by atoms with Crippen molar-refractivity contribution >= 4 is 5.91 Å². The van der Waals surface area contributed by atoms with E-state index >= 15 is 0 Å². The minimum Gasteiger partial charge on any atom is -0.497 e. The second-order valence-electron chi connectivity index (χ2n) is 6.05. The molecule has 0 radical (unpaired) electrons. The van der Waals surface area contributed by atoms with E-state index in [0.717, 1.165) is 43.4 Å². The fourth-order valence-corrected chi connectivity index (χ4v) is 2.99. The molecule has 4 heteroatoms. The average Bonchev–Trinajstić information content (AvgIpc) is 2.47. The summed E-state index contributed by atoms with van der Waals surface area (Å²) in [7, 11) is 1.66. The minimum atomic E-state index is -0.279. The van der Waals surface area contributed by atoms with E-state index in [-0.39, 0.29) is 11.4 Å². The second-order valence-corrected chi connectivity index (χ2v) is 6.05. The van der Waals surface area contributed by atoms with Gasteiger partial charge in [0.05, 0.1) is 7.11 Å². The average molecular weight is 290 g/mol. The Morgan fingerprint density at radius 1 is 1.33 bits per heavy atom. The van der Waals surface area contributed by atoms with Crippen LogP contribution >= 0.6 is 0 Å². The molecule has 3 N–H and O–H groups in total. The van der Waals surface area contributed by atoms with Crippen LogP contribution in [0.4, 0.5) is 0 Å². The van der Waals surface area contributed by atoms with Crippen LogP contribution in [0.3, 0.4) is 0 Å².